The van der Waals surface area contributed by atoms with Gasteiger partial charge in [-0.05, 0) is 62.3 Å². The maximum Gasteiger partial charge on any atom is 0.248 e. The molecule has 2 heterocycles. The van der Waals surface area contributed by atoms with E-state index in [1.165, 1.54) is 5.57 Å². The molecule has 0 amide bonds. The largest absolute Gasteiger partial charge is 0.329 e. The fourth-order valence-electron chi connectivity index (χ4n) is 4.36. The van der Waals surface area contributed by atoms with E-state index in [0.29, 0.717) is 35.6 Å². The molecule has 1 saturated carbocycles. The van der Waals surface area contributed by atoms with Crippen LogP contribution in [0.1, 0.15) is 49.4 Å². The number of nitrogens with zero attached hydrogens (tertiary/aromatic N) is 4. The van der Waals surface area contributed by atoms with Crippen LogP contribution in [0.3, 0.4) is 0 Å². The molecule has 5 nitrogen and oxygen atoms in total. The third kappa shape index (κ3) is 6.27. The van der Waals surface area contributed by atoms with Gasteiger partial charge in [0.05, 0.1) is 11.4 Å². The van der Waals surface area contributed by atoms with Gasteiger partial charge in [-0.3, -0.25) is 4.99 Å². The van der Waals surface area contributed by atoms with Crippen LogP contribution in [0.15, 0.2) is 59.9 Å². The predicted octanol–water partition coefficient (Wildman–Crippen LogP) is 6.97. The second-order valence-corrected chi connectivity index (χ2v) is 12.0. The van der Waals surface area contributed by atoms with Gasteiger partial charge < -0.3 is 8.52 Å². The average Bonchev–Trinajstić information content (AvgIpc) is 3.26. The summed E-state index contributed by atoms with van der Waals surface area (Å²) in [6.45, 7) is 5.86. The van der Waals surface area contributed by atoms with Crippen molar-refractivity contribution < 1.29 is 8.78 Å². The molecule has 8 heteroatoms. The molecule has 0 bridgehead atoms. The van der Waals surface area contributed by atoms with Crippen molar-refractivity contribution in [3.8, 4) is 11.4 Å². The highest BCUT2D eigenvalue weighted by Crippen LogP contribution is 2.44. The molecule has 1 fully saturated rings. The summed E-state index contributed by atoms with van der Waals surface area (Å²) in [6.07, 6.45) is 8.21. The zero-order chi connectivity index (χ0) is 25.9. The Labute approximate surface area is 221 Å². The quantitative estimate of drug-likeness (QED) is 0.146. The van der Waals surface area contributed by atoms with Crippen molar-refractivity contribution in [3.63, 3.8) is 0 Å². The smallest absolute Gasteiger partial charge is 0.248 e. The molecular formula is C28H30F2IN5. The van der Waals surface area contributed by atoms with Gasteiger partial charge in [0, 0.05) is 67.8 Å². The second-order valence-electron chi connectivity index (χ2n) is 9.33. The normalized spacial score (nSPS) is 17.6. The Balaban J connectivity index is 1.70. The van der Waals surface area contributed by atoms with E-state index in [1.54, 1.807) is 19.5 Å². The Bertz CT molecular complexity index is 1300. The van der Waals surface area contributed by atoms with Gasteiger partial charge in [0.25, 0.3) is 0 Å². The van der Waals surface area contributed by atoms with Gasteiger partial charge in [-0.1, -0.05) is 36.4 Å². The number of alkyl halides is 2. The summed E-state index contributed by atoms with van der Waals surface area (Å²) in [5, 5.41) is 8.84. The van der Waals surface area contributed by atoms with E-state index >= 15 is 0 Å². The lowest BCUT2D eigenvalue weighted by atomic mass is 9.78. The summed E-state index contributed by atoms with van der Waals surface area (Å²) >= 11 is -0.119. The Morgan fingerprint density at radius 2 is 2.08 bits per heavy atom. The highest BCUT2D eigenvalue weighted by atomic mass is 127. The SMILES string of the molecule is C=C(C)/C=C(\C=NC)c1cnc(-c2cccc(C3=CN(C)I=C3)c2)nc1C(=N)CCC1CC(F)(F)C1. The molecule has 4 rings (SSSR count). The van der Waals surface area contributed by atoms with Crippen LogP contribution in [0.5, 0.6) is 0 Å². The Kier molecular flexibility index (Phi) is 8.02. The number of aromatic nitrogens is 2. The maximum atomic E-state index is 13.3. The fraction of sp³-hybridized carbons (Fsp3) is 0.321. The van der Waals surface area contributed by atoms with Gasteiger partial charge in [0.1, 0.15) is 0 Å². The number of hydrogen-bond acceptors (Lipinski definition) is 5. The monoisotopic (exact) mass is 601 g/mol. The minimum Gasteiger partial charge on any atom is -0.329 e. The van der Waals surface area contributed by atoms with E-state index in [1.807, 2.05) is 25.1 Å². The summed E-state index contributed by atoms with van der Waals surface area (Å²) in [5.41, 5.74) is 6.26. The van der Waals surface area contributed by atoms with Gasteiger partial charge in [0.15, 0.2) is 5.82 Å². The number of nitrogens with one attached hydrogen (secondary N) is 1. The first kappa shape index (κ1) is 26.2. The molecule has 2 aromatic rings. The molecule has 0 atom stereocenters. The zero-order valence-electron chi connectivity index (χ0n) is 20.7. The van der Waals surface area contributed by atoms with Crippen LogP contribution in [0.25, 0.3) is 22.5 Å². The highest BCUT2D eigenvalue weighted by Gasteiger charge is 2.44. The van der Waals surface area contributed by atoms with E-state index < -0.39 is 5.92 Å². The third-order valence-corrected chi connectivity index (χ3v) is 8.23. The second kappa shape index (κ2) is 11.0. The minimum atomic E-state index is -2.55. The highest BCUT2D eigenvalue weighted by molar-refractivity contribution is 14.2. The molecule has 188 valence electrons. The summed E-state index contributed by atoms with van der Waals surface area (Å²) in [4.78, 5) is 13.7. The van der Waals surface area contributed by atoms with Gasteiger partial charge in [-0.25, -0.2) is 18.7 Å². The van der Waals surface area contributed by atoms with Gasteiger partial charge >= 0.3 is 0 Å². The lowest BCUT2D eigenvalue weighted by molar-refractivity contribution is -0.111. The molecule has 0 radical (unpaired) electrons. The molecule has 1 aromatic heterocycles. The molecule has 0 unspecified atom stereocenters. The summed E-state index contributed by atoms with van der Waals surface area (Å²) in [5.74, 6) is -2.08. The summed E-state index contributed by atoms with van der Waals surface area (Å²) in [6, 6.07) is 8.11. The standard InChI is InChI=1S/C28H30F2IN5/c1-18(2)10-22(15-33-3)24-16-34-27(21-7-5-6-20(11-21)23-14-31-36(4)17-23)35-26(24)25(32)9-8-19-12-28(29,30)13-19/h5-7,10-11,14-17,19,32H,1,8-9,12-13H2,2-4H3/b22-10+,32-25?,33-15?. The first-order valence-corrected chi connectivity index (χ1v) is 14.0. The molecule has 1 N–H and O–H groups in total. The molecule has 1 aromatic carbocycles. The minimum absolute atomic E-state index is 0.0543. The van der Waals surface area contributed by atoms with E-state index in [9.17, 15) is 8.78 Å². The van der Waals surface area contributed by atoms with Crippen molar-refractivity contribution in [1.29, 1.82) is 5.41 Å². The van der Waals surface area contributed by atoms with Crippen LogP contribution in [-0.2, 0) is 0 Å². The lowest BCUT2D eigenvalue weighted by Crippen LogP contribution is -2.35. The molecule has 0 spiro atoms. The van der Waals surface area contributed by atoms with E-state index in [4.69, 9.17) is 10.4 Å². The van der Waals surface area contributed by atoms with Crippen molar-refractivity contribution in [2.24, 2.45) is 10.9 Å². The fourth-order valence-corrected chi connectivity index (χ4v) is 6.08. The Morgan fingerprint density at radius 1 is 1.33 bits per heavy atom. The van der Waals surface area contributed by atoms with Gasteiger partial charge in [-0.2, -0.15) is 0 Å². The van der Waals surface area contributed by atoms with Gasteiger partial charge in [0.2, 0.25) is 5.92 Å². The van der Waals surface area contributed by atoms with Gasteiger partial charge in [-0.15, -0.1) is 0 Å². The zero-order valence-corrected chi connectivity index (χ0v) is 22.9. The van der Waals surface area contributed by atoms with E-state index in [2.05, 4.69) is 49.1 Å². The summed E-state index contributed by atoms with van der Waals surface area (Å²) < 4.78 is 31.1. The average molecular weight is 601 g/mol. The molecule has 1 aliphatic carbocycles. The van der Waals surface area contributed by atoms with Crippen molar-refractivity contribution >= 4 is 48.1 Å². The first-order chi connectivity index (χ1) is 17.1. The van der Waals surface area contributed by atoms with Crippen LogP contribution < -0.4 is 0 Å². The number of benzene rings is 1. The molecule has 1 aliphatic heterocycles. The molecule has 2 aliphatic rings. The molecule has 0 saturated heterocycles. The van der Waals surface area contributed by atoms with Crippen LogP contribution in [-0.4, -0.2) is 49.0 Å². The Hall–Kier alpha value is -2.88. The van der Waals surface area contributed by atoms with Crippen LogP contribution in [0, 0.1) is 11.3 Å². The lowest BCUT2D eigenvalue weighted by Gasteiger charge is -2.34. The number of allylic oxidation sites excluding steroid dienone is 4. The predicted molar refractivity (Wildman–Crippen MR) is 154 cm³/mol. The van der Waals surface area contributed by atoms with Crippen molar-refractivity contribution in [2.75, 3.05) is 14.1 Å². The first-order valence-electron chi connectivity index (χ1n) is 11.8. The summed E-state index contributed by atoms with van der Waals surface area (Å²) in [7, 11) is 3.77. The van der Waals surface area contributed by atoms with E-state index in [0.717, 1.165) is 22.3 Å². The van der Waals surface area contributed by atoms with Crippen LogP contribution in [0.4, 0.5) is 8.78 Å². The van der Waals surface area contributed by atoms with E-state index in [-0.39, 0.29) is 39.8 Å². The number of rotatable bonds is 9. The van der Waals surface area contributed by atoms with Crippen molar-refractivity contribution in [3.05, 3.63) is 71.7 Å². The number of halogens is 3. The molecule has 36 heavy (non-hydrogen) atoms. The van der Waals surface area contributed by atoms with Crippen LogP contribution in [0.2, 0.25) is 0 Å². The Morgan fingerprint density at radius 3 is 2.72 bits per heavy atom. The maximum absolute atomic E-state index is 13.3. The topological polar surface area (TPSA) is 65.2 Å². The van der Waals surface area contributed by atoms with Crippen molar-refractivity contribution in [2.45, 2.75) is 38.5 Å². The van der Waals surface area contributed by atoms with Crippen LogP contribution >= 0.6 is 21.0 Å². The third-order valence-electron chi connectivity index (χ3n) is 6.12. The van der Waals surface area contributed by atoms with Crippen molar-refractivity contribution in [1.82, 2.24) is 13.1 Å². The number of hydrogen-bond donors (Lipinski definition) is 1. The molecular weight excluding hydrogens is 571 g/mol. The number of aliphatic imine (C=N–C) groups is 1.